The summed E-state index contributed by atoms with van der Waals surface area (Å²) in [6.45, 7) is 2.78. The molecule has 0 aliphatic rings. The van der Waals surface area contributed by atoms with Crippen molar-refractivity contribution in [3.63, 3.8) is 0 Å². The van der Waals surface area contributed by atoms with E-state index < -0.39 is 11.7 Å². The van der Waals surface area contributed by atoms with Crippen LogP contribution in [0.3, 0.4) is 0 Å². The summed E-state index contributed by atoms with van der Waals surface area (Å²) < 4.78 is 13.8. The highest BCUT2D eigenvalue weighted by molar-refractivity contribution is 9.10. The SMILES string of the molecule is CCCNc1nc(N)c(C(=O)Nc2cc(F)ccc2Br)s1. The van der Waals surface area contributed by atoms with Crippen molar-refractivity contribution in [1.82, 2.24) is 4.98 Å². The van der Waals surface area contributed by atoms with Crippen LogP contribution in [0.15, 0.2) is 22.7 Å². The third kappa shape index (κ3) is 3.92. The third-order valence-corrected chi connectivity index (χ3v) is 4.28. The average Bonchev–Trinajstić information content (AvgIpc) is 2.82. The van der Waals surface area contributed by atoms with Gasteiger partial charge in [-0.3, -0.25) is 4.79 Å². The molecule has 0 radical (unpaired) electrons. The summed E-state index contributed by atoms with van der Waals surface area (Å²) >= 11 is 4.42. The van der Waals surface area contributed by atoms with Crippen molar-refractivity contribution in [2.24, 2.45) is 0 Å². The number of nitrogens with one attached hydrogen (secondary N) is 2. The van der Waals surface area contributed by atoms with Crippen LogP contribution in [0, 0.1) is 5.82 Å². The number of hydrogen-bond donors (Lipinski definition) is 3. The number of carbonyl (C=O) groups is 1. The molecule has 1 aromatic heterocycles. The van der Waals surface area contributed by atoms with Crippen LogP contribution in [-0.2, 0) is 0 Å². The van der Waals surface area contributed by atoms with E-state index in [0.717, 1.165) is 13.0 Å². The summed E-state index contributed by atoms with van der Waals surface area (Å²) in [6.07, 6.45) is 0.942. The minimum atomic E-state index is -0.434. The molecular formula is C13H14BrFN4OS. The van der Waals surface area contributed by atoms with Gasteiger partial charge in [0.05, 0.1) is 5.69 Å². The number of halogens is 2. The molecule has 0 saturated carbocycles. The van der Waals surface area contributed by atoms with Gasteiger partial charge in [-0.05, 0) is 40.5 Å². The van der Waals surface area contributed by atoms with E-state index in [0.29, 0.717) is 20.2 Å². The molecule has 0 fully saturated rings. The molecule has 21 heavy (non-hydrogen) atoms. The Morgan fingerprint density at radius 3 is 3.00 bits per heavy atom. The summed E-state index contributed by atoms with van der Waals surface area (Å²) in [7, 11) is 0. The van der Waals surface area contributed by atoms with Crippen LogP contribution in [0.2, 0.25) is 0 Å². The van der Waals surface area contributed by atoms with Gasteiger partial charge in [0.25, 0.3) is 5.91 Å². The van der Waals surface area contributed by atoms with E-state index in [4.69, 9.17) is 5.73 Å². The molecule has 5 nitrogen and oxygen atoms in total. The van der Waals surface area contributed by atoms with Gasteiger partial charge < -0.3 is 16.4 Å². The second kappa shape index (κ2) is 6.86. The Labute approximate surface area is 133 Å². The molecule has 1 aromatic carbocycles. The van der Waals surface area contributed by atoms with Crippen LogP contribution >= 0.6 is 27.3 Å². The van der Waals surface area contributed by atoms with E-state index in [9.17, 15) is 9.18 Å². The van der Waals surface area contributed by atoms with Gasteiger partial charge in [0.15, 0.2) is 5.13 Å². The molecule has 112 valence electrons. The number of anilines is 3. The smallest absolute Gasteiger partial charge is 0.269 e. The van der Waals surface area contributed by atoms with Crippen molar-refractivity contribution in [3.05, 3.63) is 33.4 Å². The zero-order valence-electron chi connectivity index (χ0n) is 11.2. The Balaban J connectivity index is 2.16. The lowest BCUT2D eigenvalue weighted by Crippen LogP contribution is -2.12. The summed E-state index contributed by atoms with van der Waals surface area (Å²) in [4.78, 5) is 16.6. The number of amides is 1. The summed E-state index contributed by atoms with van der Waals surface area (Å²) in [5.41, 5.74) is 6.09. The van der Waals surface area contributed by atoms with Crippen molar-refractivity contribution in [3.8, 4) is 0 Å². The van der Waals surface area contributed by atoms with Crippen LogP contribution < -0.4 is 16.4 Å². The van der Waals surface area contributed by atoms with Crippen molar-refractivity contribution in [2.75, 3.05) is 22.9 Å². The number of hydrogen-bond acceptors (Lipinski definition) is 5. The van der Waals surface area contributed by atoms with E-state index in [1.807, 2.05) is 6.92 Å². The van der Waals surface area contributed by atoms with Crippen LogP contribution in [0.5, 0.6) is 0 Å². The fraction of sp³-hybridized carbons (Fsp3) is 0.231. The quantitative estimate of drug-likeness (QED) is 0.747. The topological polar surface area (TPSA) is 80.0 Å². The monoisotopic (exact) mass is 372 g/mol. The van der Waals surface area contributed by atoms with Gasteiger partial charge in [-0.25, -0.2) is 9.37 Å². The normalized spacial score (nSPS) is 10.4. The lowest BCUT2D eigenvalue weighted by atomic mass is 10.3. The highest BCUT2D eigenvalue weighted by atomic mass is 79.9. The van der Waals surface area contributed by atoms with Gasteiger partial charge in [-0.2, -0.15) is 0 Å². The number of nitrogen functional groups attached to an aromatic ring is 1. The van der Waals surface area contributed by atoms with Crippen molar-refractivity contribution >= 4 is 49.8 Å². The lowest BCUT2D eigenvalue weighted by molar-refractivity contribution is 0.103. The second-order valence-corrected chi connectivity index (χ2v) is 6.09. The van der Waals surface area contributed by atoms with Gasteiger partial charge in [-0.15, -0.1) is 0 Å². The fourth-order valence-corrected chi connectivity index (χ4v) is 2.73. The summed E-state index contributed by atoms with van der Waals surface area (Å²) in [5.74, 6) is -0.694. The maximum Gasteiger partial charge on any atom is 0.269 e. The van der Waals surface area contributed by atoms with Gasteiger partial charge in [0.1, 0.15) is 16.5 Å². The zero-order chi connectivity index (χ0) is 15.4. The maximum atomic E-state index is 13.2. The lowest BCUT2D eigenvalue weighted by Gasteiger charge is -2.06. The molecule has 0 aliphatic carbocycles. The Bertz CT molecular complexity index is 662. The Hall–Kier alpha value is -1.67. The predicted octanol–water partition coefficient (Wildman–Crippen LogP) is 3.70. The highest BCUT2D eigenvalue weighted by Crippen LogP contribution is 2.28. The molecule has 2 aromatic rings. The standard InChI is InChI=1S/C13H14BrFN4OS/c1-2-5-17-13-19-11(16)10(21-13)12(20)18-9-6-7(15)3-4-8(9)14/h3-4,6H,2,5,16H2,1H3,(H,17,19)(H,18,20). The number of nitrogens with two attached hydrogens (primary N) is 1. The molecule has 1 heterocycles. The molecule has 0 aliphatic heterocycles. The summed E-state index contributed by atoms with van der Waals surface area (Å²) in [5, 5.41) is 6.28. The average molecular weight is 373 g/mol. The number of benzene rings is 1. The van der Waals surface area contributed by atoms with Crippen LogP contribution in [0.1, 0.15) is 23.0 Å². The molecule has 0 atom stereocenters. The Morgan fingerprint density at radius 2 is 2.29 bits per heavy atom. The van der Waals surface area contributed by atoms with Gasteiger partial charge >= 0.3 is 0 Å². The Kier molecular flexibility index (Phi) is 5.13. The van der Waals surface area contributed by atoms with E-state index in [1.54, 1.807) is 0 Å². The number of carbonyl (C=O) groups excluding carboxylic acids is 1. The van der Waals surface area contributed by atoms with Gasteiger partial charge in [0, 0.05) is 11.0 Å². The zero-order valence-corrected chi connectivity index (χ0v) is 13.6. The molecule has 4 N–H and O–H groups in total. The molecule has 0 saturated heterocycles. The summed E-state index contributed by atoms with van der Waals surface area (Å²) in [6, 6.07) is 4.05. The molecule has 1 amide bonds. The van der Waals surface area contributed by atoms with E-state index >= 15 is 0 Å². The first-order valence-corrected chi connectivity index (χ1v) is 7.88. The number of aromatic nitrogens is 1. The minimum absolute atomic E-state index is 0.156. The molecular weight excluding hydrogens is 359 g/mol. The van der Waals surface area contributed by atoms with E-state index in [-0.39, 0.29) is 5.82 Å². The number of nitrogens with zero attached hydrogens (tertiary/aromatic N) is 1. The second-order valence-electron chi connectivity index (χ2n) is 4.24. The minimum Gasteiger partial charge on any atom is -0.382 e. The first kappa shape index (κ1) is 15.7. The molecule has 0 spiro atoms. The number of rotatable bonds is 5. The predicted molar refractivity (Wildman–Crippen MR) is 87.4 cm³/mol. The van der Waals surface area contributed by atoms with Gasteiger partial charge in [-0.1, -0.05) is 18.3 Å². The first-order chi connectivity index (χ1) is 10.0. The molecule has 2 rings (SSSR count). The molecule has 8 heteroatoms. The largest absolute Gasteiger partial charge is 0.382 e. The Morgan fingerprint density at radius 1 is 1.52 bits per heavy atom. The van der Waals surface area contributed by atoms with Crippen LogP contribution in [0.4, 0.5) is 21.0 Å². The van der Waals surface area contributed by atoms with E-state index in [2.05, 4.69) is 31.5 Å². The van der Waals surface area contributed by atoms with Crippen LogP contribution in [0.25, 0.3) is 0 Å². The highest BCUT2D eigenvalue weighted by Gasteiger charge is 2.17. The first-order valence-electron chi connectivity index (χ1n) is 6.27. The number of thiazole rings is 1. The van der Waals surface area contributed by atoms with E-state index in [1.165, 1.54) is 29.5 Å². The van der Waals surface area contributed by atoms with Crippen molar-refractivity contribution < 1.29 is 9.18 Å². The maximum absolute atomic E-state index is 13.2. The fourth-order valence-electron chi connectivity index (χ4n) is 1.57. The van der Waals surface area contributed by atoms with Gasteiger partial charge in [0.2, 0.25) is 0 Å². The molecule has 0 unspecified atom stereocenters. The molecule has 0 bridgehead atoms. The van der Waals surface area contributed by atoms with Crippen LogP contribution in [-0.4, -0.2) is 17.4 Å². The van der Waals surface area contributed by atoms with Crippen molar-refractivity contribution in [2.45, 2.75) is 13.3 Å². The van der Waals surface area contributed by atoms with Crippen molar-refractivity contribution in [1.29, 1.82) is 0 Å². The third-order valence-electron chi connectivity index (χ3n) is 2.56.